The van der Waals surface area contributed by atoms with Crippen LogP contribution in [-0.2, 0) is 4.74 Å². The van der Waals surface area contributed by atoms with Crippen LogP contribution in [-0.4, -0.2) is 28.7 Å². The molecule has 0 bridgehead atoms. The average Bonchev–Trinajstić information content (AvgIpc) is 2.48. The van der Waals surface area contributed by atoms with Crippen LogP contribution in [0.15, 0.2) is 0 Å². The lowest BCUT2D eigenvalue weighted by atomic mass is 10.1. The van der Waals surface area contributed by atoms with Crippen LogP contribution in [0.1, 0.15) is 26.2 Å². The Balaban J connectivity index is 2.19. The molecule has 1 atom stereocenters. The quantitative estimate of drug-likeness (QED) is 0.441. The van der Waals surface area contributed by atoms with E-state index in [1.807, 2.05) is 6.92 Å². The van der Waals surface area contributed by atoms with Gasteiger partial charge in [-0.2, -0.15) is 0 Å². The highest BCUT2D eigenvalue weighted by molar-refractivity contribution is 4.77. The van der Waals surface area contributed by atoms with Gasteiger partial charge in [0.25, 0.3) is 0 Å². The van der Waals surface area contributed by atoms with Gasteiger partial charge >= 0.3 is 0 Å². The Labute approximate surface area is 60.6 Å². The van der Waals surface area contributed by atoms with E-state index >= 15 is 0 Å². The molecule has 0 aromatic heterocycles. The van der Waals surface area contributed by atoms with Crippen molar-refractivity contribution in [3.8, 4) is 0 Å². The second-order valence-corrected chi connectivity index (χ2v) is 2.89. The van der Waals surface area contributed by atoms with Crippen molar-refractivity contribution in [3.63, 3.8) is 0 Å². The van der Waals surface area contributed by atoms with Crippen LogP contribution in [0.3, 0.4) is 0 Å². The van der Waals surface area contributed by atoms with Crippen molar-refractivity contribution < 1.29 is 14.9 Å². The summed E-state index contributed by atoms with van der Waals surface area (Å²) in [7, 11) is 0. The van der Waals surface area contributed by atoms with E-state index in [-0.39, 0.29) is 6.10 Å². The van der Waals surface area contributed by atoms with Crippen molar-refractivity contribution in [1.29, 1.82) is 0 Å². The first-order valence-corrected chi connectivity index (χ1v) is 3.70. The molecule has 3 nitrogen and oxygen atoms in total. The van der Waals surface area contributed by atoms with E-state index in [1.165, 1.54) is 0 Å². The third kappa shape index (κ3) is 2.64. The number of rotatable bonds is 4. The molecule has 1 fully saturated rings. The summed E-state index contributed by atoms with van der Waals surface area (Å²) in [5.74, 6) is -1.49. The molecule has 3 heteroatoms. The van der Waals surface area contributed by atoms with Crippen molar-refractivity contribution in [2.75, 3.05) is 6.61 Å². The monoisotopic (exact) mass is 146 g/mol. The molecular weight excluding hydrogens is 132 g/mol. The van der Waals surface area contributed by atoms with Crippen molar-refractivity contribution in [3.05, 3.63) is 0 Å². The summed E-state index contributed by atoms with van der Waals surface area (Å²) in [6.07, 6.45) is 1.69. The largest absolute Gasteiger partial charge is 0.373 e. The van der Waals surface area contributed by atoms with Crippen LogP contribution >= 0.6 is 0 Å². The predicted molar refractivity (Wildman–Crippen MR) is 36.4 cm³/mol. The molecule has 0 spiro atoms. The Morgan fingerprint density at radius 3 is 2.60 bits per heavy atom. The average molecular weight is 146 g/mol. The predicted octanol–water partition coefficient (Wildman–Crippen LogP) is 0.256. The molecule has 60 valence electrons. The van der Waals surface area contributed by atoms with Gasteiger partial charge in [0.05, 0.1) is 12.7 Å². The summed E-state index contributed by atoms with van der Waals surface area (Å²) in [6, 6.07) is 0. The summed E-state index contributed by atoms with van der Waals surface area (Å²) in [5, 5.41) is 18.4. The maximum Gasteiger partial charge on any atom is 0.165 e. The standard InChI is InChI=1S/C7H14O3/c1-2-3-7(8,9)4-6-5-10-6/h6,8-9H,2-5H2,1H3. The first-order chi connectivity index (χ1) is 4.64. The minimum Gasteiger partial charge on any atom is -0.373 e. The number of ether oxygens (including phenoxy) is 1. The molecule has 10 heavy (non-hydrogen) atoms. The topological polar surface area (TPSA) is 53.0 Å². The second kappa shape index (κ2) is 2.86. The van der Waals surface area contributed by atoms with Gasteiger partial charge in [-0.05, 0) is 0 Å². The van der Waals surface area contributed by atoms with Crippen molar-refractivity contribution in [2.24, 2.45) is 0 Å². The second-order valence-electron chi connectivity index (χ2n) is 2.89. The molecule has 0 aromatic carbocycles. The highest BCUT2D eigenvalue weighted by Crippen LogP contribution is 2.23. The molecule has 1 aliphatic heterocycles. The zero-order valence-corrected chi connectivity index (χ0v) is 6.21. The smallest absolute Gasteiger partial charge is 0.165 e. The van der Waals surface area contributed by atoms with Gasteiger partial charge in [-0.15, -0.1) is 0 Å². The fourth-order valence-electron chi connectivity index (χ4n) is 1.05. The number of aliphatic hydroxyl groups is 2. The molecule has 1 aliphatic rings. The summed E-state index contributed by atoms with van der Waals surface area (Å²) in [5.41, 5.74) is 0. The van der Waals surface area contributed by atoms with E-state index in [9.17, 15) is 10.2 Å². The van der Waals surface area contributed by atoms with Gasteiger partial charge in [0.2, 0.25) is 0 Å². The van der Waals surface area contributed by atoms with Crippen molar-refractivity contribution >= 4 is 0 Å². The lowest BCUT2D eigenvalue weighted by Gasteiger charge is -2.19. The zero-order chi connectivity index (χ0) is 7.61. The molecule has 1 unspecified atom stereocenters. The Bertz CT molecular complexity index is 107. The van der Waals surface area contributed by atoms with Crippen LogP contribution in [0.2, 0.25) is 0 Å². The molecule has 1 rings (SSSR count). The summed E-state index contributed by atoms with van der Waals surface area (Å²) >= 11 is 0. The number of epoxide rings is 1. The number of hydrogen-bond donors (Lipinski definition) is 2. The van der Waals surface area contributed by atoms with E-state index in [4.69, 9.17) is 4.74 Å². The Kier molecular flexibility index (Phi) is 2.28. The summed E-state index contributed by atoms with van der Waals surface area (Å²) in [6.45, 7) is 2.61. The molecular formula is C7H14O3. The van der Waals surface area contributed by atoms with E-state index in [2.05, 4.69) is 0 Å². The molecule has 0 aliphatic carbocycles. The van der Waals surface area contributed by atoms with Gasteiger partial charge in [0.1, 0.15) is 0 Å². The van der Waals surface area contributed by atoms with Gasteiger partial charge in [0.15, 0.2) is 5.79 Å². The highest BCUT2D eigenvalue weighted by Gasteiger charge is 2.33. The van der Waals surface area contributed by atoms with E-state index in [0.29, 0.717) is 19.4 Å². The third-order valence-corrected chi connectivity index (χ3v) is 1.61. The molecule has 0 amide bonds. The Morgan fingerprint density at radius 2 is 2.20 bits per heavy atom. The maximum atomic E-state index is 9.20. The minimum absolute atomic E-state index is 0.0987. The number of hydrogen-bond acceptors (Lipinski definition) is 3. The van der Waals surface area contributed by atoms with Gasteiger partial charge in [0, 0.05) is 12.8 Å². The maximum absolute atomic E-state index is 9.20. The zero-order valence-electron chi connectivity index (χ0n) is 6.21. The van der Waals surface area contributed by atoms with Crippen LogP contribution in [0, 0.1) is 0 Å². The van der Waals surface area contributed by atoms with Crippen LogP contribution < -0.4 is 0 Å². The lowest BCUT2D eigenvalue weighted by molar-refractivity contribution is -0.172. The summed E-state index contributed by atoms with van der Waals surface area (Å²) in [4.78, 5) is 0. The van der Waals surface area contributed by atoms with E-state index < -0.39 is 5.79 Å². The fourth-order valence-corrected chi connectivity index (χ4v) is 1.05. The van der Waals surface area contributed by atoms with E-state index in [1.54, 1.807) is 0 Å². The first-order valence-electron chi connectivity index (χ1n) is 3.70. The minimum atomic E-state index is -1.49. The normalized spacial score (nSPS) is 24.9. The molecule has 2 N–H and O–H groups in total. The molecule has 0 aromatic rings. The van der Waals surface area contributed by atoms with Crippen LogP contribution in [0.5, 0.6) is 0 Å². The molecule has 1 heterocycles. The van der Waals surface area contributed by atoms with Crippen molar-refractivity contribution in [2.45, 2.75) is 38.1 Å². The Hall–Kier alpha value is -0.120. The lowest BCUT2D eigenvalue weighted by Crippen LogP contribution is -2.29. The highest BCUT2D eigenvalue weighted by atomic mass is 16.6. The van der Waals surface area contributed by atoms with Crippen molar-refractivity contribution in [1.82, 2.24) is 0 Å². The summed E-state index contributed by atoms with van der Waals surface area (Å²) < 4.78 is 4.87. The molecule has 0 radical (unpaired) electrons. The van der Waals surface area contributed by atoms with Crippen LogP contribution in [0.4, 0.5) is 0 Å². The molecule has 1 saturated heterocycles. The van der Waals surface area contributed by atoms with Crippen LogP contribution in [0.25, 0.3) is 0 Å². The van der Waals surface area contributed by atoms with E-state index in [0.717, 1.165) is 6.42 Å². The third-order valence-electron chi connectivity index (χ3n) is 1.61. The first kappa shape index (κ1) is 7.98. The molecule has 0 saturated carbocycles. The van der Waals surface area contributed by atoms with Gasteiger partial charge in [-0.25, -0.2) is 0 Å². The van der Waals surface area contributed by atoms with Gasteiger partial charge in [-0.1, -0.05) is 13.3 Å². The Morgan fingerprint density at radius 1 is 1.60 bits per heavy atom. The SMILES string of the molecule is CCCC(O)(O)CC1CO1. The van der Waals surface area contributed by atoms with Gasteiger partial charge < -0.3 is 14.9 Å². The van der Waals surface area contributed by atoms with Gasteiger partial charge in [-0.3, -0.25) is 0 Å². The fraction of sp³-hybridized carbons (Fsp3) is 1.00.